The Hall–Kier alpha value is -2.98. The SMILES string of the molecule is CNS(=O)(=O)c1cc(C(=O)O[C@@H](C)C(=O)Nc2ccccc2F)ccc1OC. The normalized spacial score (nSPS) is 12.1. The van der Waals surface area contributed by atoms with Crippen LogP contribution in [0.15, 0.2) is 47.4 Å². The summed E-state index contributed by atoms with van der Waals surface area (Å²) in [5.41, 5.74) is -0.151. The van der Waals surface area contributed by atoms with Crippen molar-refractivity contribution in [2.24, 2.45) is 0 Å². The summed E-state index contributed by atoms with van der Waals surface area (Å²) in [5, 5.41) is 2.31. The van der Waals surface area contributed by atoms with Gasteiger partial charge in [0, 0.05) is 0 Å². The van der Waals surface area contributed by atoms with E-state index in [2.05, 4.69) is 10.0 Å². The summed E-state index contributed by atoms with van der Waals surface area (Å²) in [6.45, 7) is 1.31. The zero-order chi connectivity index (χ0) is 20.9. The maximum Gasteiger partial charge on any atom is 0.338 e. The maximum absolute atomic E-state index is 13.6. The number of esters is 1. The lowest BCUT2D eigenvalue weighted by Gasteiger charge is -2.15. The Morgan fingerprint density at radius 2 is 1.82 bits per heavy atom. The Morgan fingerprint density at radius 1 is 1.14 bits per heavy atom. The van der Waals surface area contributed by atoms with Crippen LogP contribution in [0.4, 0.5) is 10.1 Å². The Balaban J connectivity index is 2.17. The third-order valence-corrected chi connectivity index (χ3v) is 5.18. The number of rotatable bonds is 7. The molecular formula is C18H19FN2O6S. The van der Waals surface area contributed by atoms with Gasteiger partial charge < -0.3 is 14.8 Å². The standard InChI is InChI=1S/C18H19FN2O6S/c1-11(17(22)21-14-7-5-4-6-13(14)19)27-18(23)12-8-9-15(26-3)16(10-12)28(24,25)20-2/h4-11,20H,1-3H3,(H,21,22)/t11-/m0/s1. The molecule has 1 amide bonds. The minimum atomic E-state index is -3.89. The van der Waals surface area contributed by atoms with Gasteiger partial charge in [-0.1, -0.05) is 12.1 Å². The topological polar surface area (TPSA) is 111 Å². The molecule has 0 heterocycles. The summed E-state index contributed by atoms with van der Waals surface area (Å²) in [6, 6.07) is 9.22. The third kappa shape index (κ3) is 4.84. The average molecular weight is 410 g/mol. The molecule has 0 fully saturated rings. The van der Waals surface area contributed by atoms with E-state index >= 15 is 0 Å². The lowest BCUT2D eigenvalue weighted by Crippen LogP contribution is -2.30. The number of carbonyl (C=O) groups is 2. The fourth-order valence-electron chi connectivity index (χ4n) is 2.20. The van der Waals surface area contributed by atoms with Gasteiger partial charge in [-0.15, -0.1) is 0 Å². The number of benzene rings is 2. The lowest BCUT2D eigenvalue weighted by molar-refractivity contribution is -0.123. The van der Waals surface area contributed by atoms with E-state index < -0.39 is 33.8 Å². The van der Waals surface area contributed by atoms with E-state index in [4.69, 9.17) is 9.47 Å². The monoisotopic (exact) mass is 410 g/mol. The van der Waals surface area contributed by atoms with Crippen molar-refractivity contribution in [1.82, 2.24) is 4.72 Å². The number of methoxy groups -OCH3 is 1. The van der Waals surface area contributed by atoms with Gasteiger partial charge >= 0.3 is 5.97 Å². The summed E-state index contributed by atoms with van der Waals surface area (Å²) in [4.78, 5) is 24.2. The molecule has 0 spiro atoms. The summed E-state index contributed by atoms with van der Waals surface area (Å²) in [6.07, 6.45) is -1.25. The van der Waals surface area contributed by atoms with Crippen molar-refractivity contribution in [3.8, 4) is 5.75 Å². The van der Waals surface area contributed by atoms with Crippen molar-refractivity contribution in [3.63, 3.8) is 0 Å². The molecule has 0 unspecified atom stereocenters. The molecule has 0 saturated heterocycles. The first-order valence-corrected chi connectivity index (χ1v) is 9.56. The van der Waals surface area contributed by atoms with Crippen LogP contribution in [0.25, 0.3) is 0 Å². The molecule has 2 N–H and O–H groups in total. The van der Waals surface area contributed by atoms with Crippen LogP contribution >= 0.6 is 0 Å². The van der Waals surface area contributed by atoms with Crippen LogP contribution in [0, 0.1) is 5.82 Å². The van der Waals surface area contributed by atoms with Crippen LogP contribution in [0.3, 0.4) is 0 Å². The van der Waals surface area contributed by atoms with Crippen molar-refractivity contribution in [2.45, 2.75) is 17.9 Å². The van der Waals surface area contributed by atoms with Gasteiger partial charge in [0.1, 0.15) is 16.5 Å². The number of anilines is 1. The Morgan fingerprint density at radius 3 is 2.43 bits per heavy atom. The van der Waals surface area contributed by atoms with E-state index in [1.807, 2.05) is 0 Å². The molecule has 0 aromatic heterocycles. The van der Waals surface area contributed by atoms with E-state index in [9.17, 15) is 22.4 Å². The quantitative estimate of drug-likeness (QED) is 0.675. The van der Waals surface area contributed by atoms with Crippen LogP contribution in [0.5, 0.6) is 5.75 Å². The first-order chi connectivity index (χ1) is 13.2. The van der Waals surface area contributed by atoms with Crippen LogP contribution in [0.2, 0.25) is 0 Å². The van der Waals surface area contributed by atoms with Gasteiger partial charge in [-0.3, -0.25) is 4.79 Å². The van der Waals surface area contributed by atoms with Gasteiger partial charge in [0.25, 0.3) is 5.91 Å². The molecule has 2 aromatic carbocycles. The van der Waals surface area contributed by atoms with Crippen molar-refractivity contribution >= 4 is 27.6 Å². The zero-order valence-corrected chi connectivity index (χ0v) is 16.2. The average Bonchev–Trinajstić information content (AvgIpc) is 2.68. The molecule has 0 saturated carbocycles. The molecule has 0 aliphatic rings. The van der Waals surface area contributed by atoms with Crippen LogP contribution < -0.4 is 14.8 Å². The first kappa shape index (κ1) is 21.3. The molecule has 0 aliphatic heterocycles. The molecule has 0 aliphatic carbocycles. The highest BCUT2D eigenvalue weighted by atomic mass is 32.2. The number of amides is 1. The van der Waals surface area contributed by atoms with Gasteiger partial charge in [0.2, 0.25) is 10.0 Å². The van der Waals surface area contributed by atoms with Gasteiger partial charge in [-0.2, -0.15) is 0 Å². The van der Waals surface area contributed by atoms with E-state index in [0.717, 1.165) is 6.07 Å². The summed E-state index contributed by atoms with van der Waals surface area (Å²) in [7, 11) is -1.38. The maximum atomic E-state index is 13.6. The van der Waals surface area contributed by atoms with Crippen molar-refractivity contribution in [3.05, 3.63) is 53.8 Å². The Kier molecular flexibility index (Phi) is 6.71. The number of ether oxygens (including phenoxy) is 2. The van der Waals surface area contributed by atoms with Crippen LogP contribution in [-0.2, 0) is 19.6 Å². The summed E-state index contributed by atoms with van der Waals surface area (Å²) >= 11 is 0. The Bertz CT molecular complexity index is 993. The number of hydrogen-bond donors (Lipinski definition) is 2. The number of sulfonamides is 1. The smallest absolute Gasteiger partial charge is 0.338 e. The number of hydrogen-bond acceptors (Lipinski definition) is 6. The van der Waals surface area contributed by atoms with E-state index in [1.165, 1.54) is 57.5 Å². The second-order valence-corrected chi connectivity index (χ2v) is 7.44. The van der Waals surface area contributed by atoms with Gasteiger partial charge in [0.05, 0.1) is 18.4 Å². The highest BCUT2D eigenvalue weighted by Gasteiger charge is 2.23. The summed E-state index contributed by atoms with van der Waals surface area (Å²) in [5.74, 6) is -2.26. The lowest BCUT2D eigenvalue weighted by atomic mass is 10.2. The number of halogens is 1. The zero-order valence-electron chi connectivity index (χ0n) is 15.4. The molecule has 2 rings (SSSR count). The van der Waals surface area contributed by atoms with E-state index in [1.54, 1.807) is 0 Å². The van der Waals surface area contributed by atoms with E-state index in [0.29, 0.717) is 0 Å². The molecule has 1 atom stereocenters. The van der Waals surface area contributed by atoms with Crippen molar-refractivity contribution in [2.75, 3.05) is 19.5 Å². The highest BCUT2D eigenvalue weighted by Crippen LogP contribution is 2.25. The predicted octanol–water partition coefficient (Wildman–Crippen LogP) is 1.93. The molecule has 2 aromatic rings. The summed E-state index contributed by atoms with van der Waals surface area (Å²) < 4.78 is 49.9. The predicted molar refractivity (Wildman–Crippen MR) is 99.1 cm³/mol. The number of nitrogens with one attached hydrogen (secondary N) is 2. The second kappa shape index (κ2) is 8.81. The van der Waals surface area contributed by atoms with Gasteiger partial charge in [-0.25, -0.2) is 22.3 Å². The number of carbonyl (C=O) groups excluding carboxylic acids is 2. The molecular weight excluding hydrogens is 391 g/mol. The third-order valence-electron chi connectivity index (χ3n) is 3.74. The molecule has 8 nitrogen and oxygen atoms in total. The fourth-order valence-corrected chi connectivity index (χ4v) is 3.12. The minimum absolute atomic E-state index is 0.0382. The van der Waals surface area contributed by atoms with Crippen LogP contribution in [-0.4, -0.2) is 40.6 Å². The van der Waals surface area contributed by atoms with Gasteiger partial charge in [0.15, 0.2) is 6.10 Å². The Labute approximate surface area is 161 Å². The molecule has 150 valence electrons. The van der Waals surface area contributed by atoms with Crippen molar-refractivity contribution < 1.29 is 31.9 Å². The van der Waals surface area contributed by atoms with Crippen LogP contribution in [0.1, 0.15) is 17.3 Å². The van der Waals surface area contributed by atoms with E-state index in [-0.39, 0.29) is 21.9 Å². The molecule has 0 radical (unpaired) electrons. The fraction of sp³-hybridized carbons (Fsp3) is 0.222. The van der Waals surface area contributed by atoms with Crippen molar-refractivity contribution in [1.29, 1.82) is 0 Å². The molecule has 10 heteroatoms. The highest BCUT2D eigenvalue weighted by molar-refractivity contribution is 7.89. The second-order valence-electron chi connectivity index (χ2n) is 5.59. The number of para-hydroxylation sites is 1. The largest absolute Gasteiger partial charge is 0.495 e. The molecule has 28 heavy (non-hydrogen) atoms. The first-order valence-electron chi connectivity index (χ1n) is 8.07. The van der Waals surface area contributed by atoms with Gasteiger partial charge in [-0.05, 0) is 44.3 Å². The minimum Gasteiger partial charge on any atom is -0.495 e. The molecule has 0 bridgehead atoms.